The third kappa shape index (κ3) is 4.00. The van der Waals surface area contributed by atoms with E-state index in [-0.39, 0.29) is 15.7 Å². The van der Waals surface area contributed by atoms with E-state index in [4.69, 9.17) is 4.74 Å². The molecule has 0 aromatic heterocycles. The van der Waals surface area contributed by atoms with Gasteiger partial charge >= 0.3 is 0 Å². The van der Waals surface area contributed by atoms with Gasteiger partial charge in [-0.1, -0.05) is 6.07 Å². The van der Waals surface area contributed by atoms with Gasteiger partial charge < -0.3 is 10.1 Å². The first-order valence-electron chi connectivity index (χ1n) is 5.53. The number of hydrogen-bond acceptors (Lipinski definition) is 4. The Hall–Kier alpha value is -1.47. The highest BCUT2D eigenvalue weighted by molar-refractivity contribution is 9.10. The third-order valence-electron chi connectivity index (χ3n) is 2.38. The van der Waals surface area contributed by atoms with Crippen LogP contribution >= 0.6 is 15.9 Å². The van der Waals surface area contributed by atoms with Crippen molar-refractivity contribution in [3.05, 3.63) is 38.3 Å². The molecule has 1 aromatic carbocycles. The van der Waals surface area contributed by atoms with Gasteiger partial charge in [-0.05, 0) is 35.8 Å². The summed E-state index contributed by atoms with van der Waals surface area (Å²) in [4.78, 5) is 22.4. The predicted molar refractivity (Wildman–Crippen MR) is 74.2 cm³/mol. The highest BCUT2D eigenvalue weighted by Gasteiger charge is 2.25. The Morgan fingerprint density at radius 1 is 1.53 bits per heavy atom. The predicted octanol–water partition coefficient (Wildman–Crippen LogP) is 2.51. The van der Waals surface area contributed by atoms with Crippen molar-refractivity contribution >= 4 is 27.5 Å². The zero-order chi connectivity index (χ0) is 14.6. The second-order valence-electron chi connectivity index (χ2n) is 4.67. The third-order valence-corrected chi connectivity index (χ3v) is 3.21. The van der Waals surface area contributed by atoms with Gasteiger partial charge in [0.15, 0.2) is 0 Å². The second kappa shape index (κ2) is 6.12. The molecule has 0 aliphatic rings. The first kappa shape index (κ1) is 15.6. The SMILES string of the molecule is COCC(C)(C)NC(=O)c1cccc([N+](=O)[O-])c1Br. The van der Waals surface area contributed by atoms with Crippen LogP contribution in [0.3, 0.4) is 0 Å². The molecule has 0 heterocycles. The number of carbonyl (C=O) groups excluding carboxylic acids is 1. The molecule has 6 nitrogen and oxygen atoms in total. The fourth-order valence-electron chi connectivity index (χ4n) is 1.61. The van der Waals surface area contributed by atoms with Gasteiger partial charge in [0.1, 0.15) is 4.47 Å². The van der Waals surface area contributed by atoms with Crippen LogP contribution in [0.1, 0.15) is 24.2 Å². The minimum absolute atomic E-state index is 0.141. The Morgan fingerprint density at radius 3 is 2.68 bits per heavy atom. The molecule has 1 aromatic rings. The van der Waals surface area contributed by atoms with E-state index in [0.717, 1.165) is 0 Å². The molecule has 0 unspecified atom stereocenters. The van der Waals surface area contributed by atoms with Crippen molar-refractivity contribution in [1.82, 2.24) is 5.32 Å². The fourth-order valence-corrected chi connectivity index (χ4v) is 2.20. The number of amides is 1. The normalized spacial score (nSPS) is 11.2. The summed E-state index contributed by atoms with van der Waals surface area (Å²) in [5, 5.41) is 13.6. The van der Waals surface area contributed by atoms with Gasteiger partial charge in [0.05, 0.1) is 22.6 Å². The molecule has 0 fully saturated rings. The number of halogens is 1. The van der Waals surface area contributed by atoms with Crippen LogP contribution in [0.15, 0.2) is 22.7 Å². The van der Waals surface area contributed by atoms with Crippen molar-refractivity contribution in [2.45, 2.75) is 19.4 Å². The van der Waals surface area contributed by atoms with Gasteiger partial charge in [-0.15, -0.1) is 0 Å². The molecular weight excluding hydrogens is 316 g/mol. The van der Waals surface area contributed by atoms with Crippen LogP contribution in [0, 0.1) is 10.1 Å². The monoisotopic (exact) mass is 330 g/mol. The minimum atomic E-state index is -0.560. The second-order valence-corrected chi connectivity index (χ2v) is 5.46. The summed E-state index contributed by atoms with van der Waals surface area (Å²) in [6.45, 7) is 3.95. The van der Waals surface area contributed by atoms with Crippen LogP contribution < -0.4 is 5.32 Å². The lowest BCUT2D eigenvalue weighted by molar-refractivity contribution is -0.385. The number of nitro benzene ring substituents is 1. The number of methoxy groups -OCH3 is 1. The first-order chi connectivity index (χ1) is 8.78. The maximum Gasteiger partial charge on any atom is 0.284 e. The van der Waals surface area contributed by atoms with Crippen molar-refractivity contribution in [2.75, 3.05) is 13.7 Å². The molecule has 0 saturated carbocycles. The molecule has 0 aliphatic heterocycles. The van der Waals surface area contributed by atoms with Crippen LogP contribution in [0.4, 0.5) is 5.69 Å². The number of hydrogen-bond donors (Lipinski definition) is 1. The molecule has 104 valence electrons. The molecule has 0 bridgehead atoms. The Morgan fingerprint density at radius 2 is 2.16 bits per heavy atom. The summed E-state index contributed by atoms with van der Waals surface area (Å²) >= 11 is 3.10. The number of benzene rings is 1. The number of nitro groups is 1. The van der Waals surface area contributed by atoms with Crippen LogP contribution in [0.25, 0.3) is 0 Å². The summed E-state index contributed by atoms with van der Waals surface area (Å²) in [6, 6.07) is 4.33. The topological polar surface area (TPSA) is 81.5 Å². The van der Waals surface area contributed by atoms with Crippen LogP contribution in [0.5, 0.6) is 0 Å². The highest BCUT2D eigenvalue weighted by Crippen LogP contribution is 2.28. The largest absolute Gasteiger partial charge is 0.382 e. The van der Waals surface area contributed by atoms with Crippen molar-refractivity contribution in [3.8, 4) is 0 Å². The van der Waals surface area contributed by atoms with Gasteiger partial charge in [0.25, 0.3) is 11.6 Å². The van der Waals surface area contributed by atoms with Gasteiger partial charge in [-0.2, -0.15) is 0 Å². The lowest BCUT2D eigenvalue weighted by Crippen LogP contribution is -2.46. The average Bonchev–Trinajstić information content (AvgIpc) is 2.27. The van der Waals surface area contributed by atoms with Crippen molar-refractivity contribution in [3.63, 3.8) is 0 Å². The molecule has 7 heteroatoms. The molecular formula is C12H15BrN2O4. The van der Waals surface area contributed by atoms with Crippen LogP contribution in [-0.4, -0.2) is 30.1 Å². The standard InChI is InChI=1S/C12H15BrN2O4/c1-12(2,7-19-3)14-11(16)8-5-4-6-9(10(8)13)15(17)18/h4-6H,7H2,1-3H3,(H,14,16). The quantitative estimate of drug-likeness (QED) is 0.664. The highest BCUT2D eigenvalue weighted by atomic mass is 79.9. The minimum Gasteiger partial charge on any atom is -0.382 e. The molecule has 0 radical (unpaired) electrons. The summed E-state index contributed by atoms with van der Waals surface area (Å²) in [5.74, 6) is -0.391. The lowest BCUT2D eigenvalue weighted by atomic mass is 10.1. The molecule has 0 saturated heterocycles. The fraction of sp³-hybridized carbons (Fsp3) is 0.417. The van der Waals surface area contributed by atoms with Gasteiger partial charge in [-0.25, -0.2) is 0 Å². The molecule has 19 heavy (non-hydrogen) atoms. The van der Waals surface area contributed by atoms with Crippen molar-refractivity contribution in [1.29, 1.82) is 0 Å². The molecule has 0 spiro atoms. The van der Waals surface area contributed by atoms with Gasteiger partial charge in [0, 0.05) is 13.2 Å². The van der Waals surface area contributed by atoms with Crippen molar-refractivity contribution < 1.29 is 14.5 Å². The van der Waals surface area contributed by atoms with E-state index in [9.17, 15) is 14.9 Å². The summed E-state index contributed by atoms with van der Waals surface area (Å²) in [7, 11) is 1.54. The molecule has 1 N–H and O–H groups in total. The molecule has 0 atom stereocenters. The first-order valence-corrected chi connectivity index (χ1v) is 6.32. The van der Waals surface area contributed by atoms with Crippen LogP contribution in [0.2, 0.25) is 0 Å². The van der Waals surface area contributed by atoms with E-state index in [2.05, 4.69) is 21.2 Å². The average molecular weight is 331 g/mol. The number of carbonyl (C=O) groups is 1. The Kier molecular flexibility index (Phi) is 5.02. The molecule has 1 rings (SSSR count). The summed E-state index contributed by atoms with van der Waals surface area (Å²) in [5.41, 5.74) is -0.480. The maximum atomic E-state index is 12.1. The Labute approximate surface area is 119 Å². The van der Waals surface area contributed by atoms with Crippen LogP contribution in [-0.2, 0) is 4.74 Å². The summed E-state index contributed by atoms with van der Waals surface area (Å²) in [6.07, 6.45) is 0. The number of nitrogens with one attached hydrogen (secondary N) is 1. The van der Waals surface area contributed by atoms with E-state index >= 15 is 0 Å². The van der Waals surface area contributed by atoms with E-state index in [0.29, 0.717) is 6.61 Å². The zero-order valence-corrected chi connectivity index (χ0v) is 12.5. The van der Waals surface area contributed by atoms with Crippen molar-refractivity contribution in [2.24, 2.45) is 0 Å². The van der Waals surface area contributed by atoms with Gasteiger partial charge in [0.2, 0.25) is 0 Å². The van der Waals surface area contributed by atoms with Gasteiger partial charge in [-0.3, -0.25) is 14.9 Å². The maximum absolute atomic E-state index is 12.1. The van der Waals surface area contributed by atoms with E-state index in [1.165, 1.54) is 25.3 Å². The zero-order valence-electron chi connectivity index (χ0n) is 10.9. The number of rotatable bonds is 5. The van der Waals surface area contributed by atoms with E-state index in [1.807, 2.05) is 0 Å². The Balaban J connectivity index is 3.01. The number of ether oxygens (including phenoxy) is 1. The van der Waals surface area contributed by atoms with E-state index in [1.54, 1.807) is 13.8 Å². The molecule has 0 aliphatic carbocycles. The van der Waals surface area contributed by atoms with E-state index < -0.39 is 16.4 Å². The Bertz CT molecular complexity index is 503. The lowest BCUT2D eigenvalue weighted by Gasteiger charge is -2.25. The summed E-state index contributed by atoms with van der Waals surface area (Å²) < 4.78 is 5.17. The smallest absolute Gasteiger partial charge is 0.284 e. The molecule has 1 amide bonds. The number of nitrogens with zero attached hydrogens (tertiary/aromatic N) is 1.